The molecule has 0 radical (unpaired) electrons. The van der Waals surface area contributed by atoms with Crippen LogP contribution in [0.5, 0.6) is 0 Å². The van der Waals surface area contributed by atoms with Crippen LogP contribution in [-0.2, 0) is 0 Å². The van der Waals surface area contributed by atoms with E-state index in [9.17, 15) is 0 Å². The summed E-state index contributed by atoms with van der Waals surface area (Å²) in [5, 5.41) is 0.340. The van der Waals surface area contributed by atoms with Crippen molar-refractivity contribution in [2.75, 3.05) is 0 Å². The van der Waals surface area contributed by atoms with Gasteiger partial charge in [-0.25, -0.2) is 0 Å². The Balaban J connectivity index is 3.19. The molecule has 0 saturated carbocycles. The minimum absolute atomic E-state index is 0.266. The summed E-state index contributed by atoms with van der Waals surface area (Å²) >= 11 is 6.35. The fourth-order valence-electron chi connectivity index (χ4n) is 2.07. The molecule has 0 fully saturated rings. The van der Waals surface area contributed by atoms with Crippen molar-refractivity contribution in [3.8, 4) is 0 Å². The van der Waals surface area contributed by atoms with Crippen molar-refractivity contribution in [3.05, 3.63) is 0 Å². The SMILES string of the molecule is CCCCCCCCCCCC(Cl)C(C)(C)C. The van der Waals surface area contributed by atoms with Crippen LogP contribution in [0.3, 0.4) is 0 Å². The average Bonchev–Trinajstić information content (AvgIpc) is 2.25. The number of halogens is 1. The first-order valence-corrected chi connectivity index (χ1v) is 8.06. The Morgan fingerprint density at radius 3 is 1.59 bits per heavy atom. The first-order chi connectivity index (χ1) is 7.98. The van der Waals surface area contributed by atoms with Crippen LogP contribution < -0.4 is 0 Å². The zero-order chi connectivity index (χ0) is 13.1. The van der Waals surface area contributed by atoms with E-state index in [4.69, 9.17) is 11.6 Å². The molecule has 0 rings (SSSR count). The van der Waals surface area contributed by atoms with E-state index in [0.717, 1.165) is 0 Å². The molecule has 1 unspecified atom stereocenters. The smallest absolute Gasteiger partial charge is 0.0384 e. The van der Waals surface area contributed by atoms with Crippen molar-refractivity contribution in [1.82, 2.24) is 0 Å². The summed E-state index contributed by atoms with van der Waals surface area (Å²) in [7, 11) is 0. The topological polar surface area (TPSA) is 0 Å². The largest absolute Gasteiger partial charge is 0.122 e. The van der Waals surface area contributed by atoms with Gasteiger partial charge in [0.1, 0.15) is 0 Å². The fourth-order valence-corrected chi connectivity index (χ4v) is 2.22. The lowest BCUT2D eigenvalue weighted by Gasteiger charge is -2.24. The second-order valence-electron chi connectivity index (χ2n) is 6.45. The second kappa shape index (κ2) is 10.2. The molecular weight excluding hydrogens is 228 g/mol. The first-order valence-electron chi connectivity index (χ1n) is 7.62. The Hall–Kier alpha value is 0.290. The predicted molar refractivity (Wildman–Crippen MR) is 80.9 cm³/mol. The van der Waals surface area contributed by atoms with Gasteiger partial charge >= 0.3 is 0 Å². The van der Waals surface area contributed by atoms with Gasteiger partial charge in [0.05, 0.1) is 0 Å². The maximum Gasteiger partial charge on any atom is 0.0384 e. The lowest BCUT2D eigenvalue weighted by Crippen LogP contribution is -2.20. The third-order valence-electron chi connectivity index (χ3n) is 3.50. The Labute approximate surface area is 115 Å². The van der Waals surface area contributed by atoms with Crippen molar-refractivity contribution >= 4 is 11.6 Å². The molecule has 0 aromatic rings. The van der Waals surface area contributed by atoms with Crippen molar-refractivity contribution in [2.45, 2.75) is 97.3 Å². The maximum atomic E-state index is 6.35. The molecule has 0 aliphatic carbocycles. The van der Waals surface area contributed by atoms with E-state index < -0.39 is 0 Å². The molecule has 0 nitrogen and oxygen atoms in total. The molecule has 0 bridgehead atoms. The molecule has 0 saturated heterocycles. The summed E-state index contributed by atoms with van der Waals surface area (Å²) in [6, 6.07) is 0. The highest BCUT2D eigenvalue weighted by Gasteiger charge is 2.21. The molecule has 17 heavy (non-hydrogen) atoms. The van der Waals surface area contributed by atoms with Gasteiger partial charge in [0.2, 0.25) is 0 Å². The molecule has 0 spiro atoms. The van der Waals surface area contributed by atoms with Gasteiger partial charge in [0.25, 0.3) is 0 Å². The van der Waals surface area contributed by atoms with E-state index in [0.29, 0.717) is 5.38 Å². The Bertz CT molecular complexity index is 157. The summed E-state index contributed by atoms with van der Waals surface area (Å²) in [6.07, 6.45) is 13.8. The van der Waals surface area contributed by atoms with E-state index in [-0.39, 0.29) is 5.41 Å². The average molecular weight is 261 g/mol. The molecule has 104 valence electrons. The van der Waals surface area contributed by atoms with Crippen molar-refractivity contribution in [3.63, 3.8) is 0 Å². The van der Waals surface area contributed by atoms with E-state index >= 15 is 0 Å². The number of alkyl halides is 1. The highest BCUT2D eigenvalue weighted by atomic mass is 35.5. The summed E-state index contributed by atoms with van der Waals surface area (Å²) in [5.41, 5.74) is 0.266. The minimum atomic E-state index is 0.266. The van der Waals surface area contributed by atoms with Crippen LogP contribution in [-0.4, -0.2) is 5.38 Å². The zero-order valence-electron chi connectivity index (χ0n) is 12.5. The van der Waals surface area contributed by atoms with Gasteiger partial charge in [-0.2, -0.15) is 0 Å². The molecular formula is C16H33Cl. The molecule has 1 atom stereocenters. The first kappa shape index (κ1) is 17.3. The predicted octanol–water partition coefficient (Wildman–Crippen LogP) is 6.56. The minimum Gasteiger partial charge on any atom is -0.122 e. The van der Waals surface area contributed by atoms with Gasteiger partial charge in [-0.05, 0) is 11.8 Å². The highest BCUT2D eigenvalue weighted by molar-refractivity contribution is 6.21. The fraction of sp³-hybridized carbons (Fsp3) is 1.00. The Kier molecular flexibility index (Phi) is 10.4. The van der Waals surface area contributed by atoms with Crippen LogP contribution in [0.4, 0.5) is 0 Å². The van der Waals surface area contributed by atoms with Crippen LogP contribution >= 0.6 is 11.6 Å². The normalized spacial score (nSPS) is 13.9. The summed E-state index contributed by atoms with van der Waals surface area (Å²) < 4.78 is 0. The highest BCUT2D eigenvalue weighted by Crippen LogP contribution is 2.28. The van der Waals surface area contributed by atoms with Crippen LogP contribution in [0.2, 0.25) is 0 Å². The van der Waals surface area contributed by atoms with E-state index in [1.807, 2.05) is 0 Å². The van der Waals surface area contributed by atoms with E-state index in [1.54, 1.807) is 0 Å². The lowest BCUT2D eigenvalue weighted by molar-refractivity contribution is 0.364. The lowest BCUT2D eigenvalue weighted by atomic mass is 9.88. The van der Waals surface area contributed by atoms with E-state index in [1.165, 1.54) is 64.2 Å². The molecule has 0 aromatic heterocycles. The van der Waals surface area contributed by atoms with Gasteiger partial charge in [-0.3, -0.25) is 0 Å². The number of hydrogen-bond donors (Lipinski definition) is 0. The molecule has 0 aliphatic heterocycles. The van der Waals surface area contributed by atoms with E-state index in [2.05, 4.69) is 27.7 Å². The number of rotatable bonds is 10. The molecule has 0 aromatic carbocycles. The van der Waals surface area contributed by atoms with Crippen molar-refractivity contribution in [2.24, 2.45) is 5.41 Å². The van der Waals surface area contributed by atoms with Crippen LogP contribution in [0.25, 0.3) is 0 Å². The molecule has 0 N–H and O–H groups in total. The van der Waals surface area contributed by atoms with Gasteiger partial charge in [-0.15, -0.1) is 11.6 Å². The van der Waals surface area contributed by atoms with Crippen LogP contribution in [0, 0.1) is 5.41 Å². The van der Waals surface area contributed by atoms with Crippen molar-refractivity contribution < 1.29 is 0 Å². The monoisotopic (exact) mass is 260 g/mol. The Morgan fingerprint density at radius 2 is 1.18 bits per heavy atom. The number of hydrogen-bond acceptors (Lipinski definition) is 0. The third kappa shape index (κ3) is 11.1. The molecule has 0 amide bonds. The second-order valence-corrected chi connectivity index (χ2v) is 6.98. The standard InChI is InChI=1S/C16H33Cl/c1-5-6-7-8-9-10-11-12-13-14-15(17)16(2,3)4/h15H,5-14H2,1-4H3. The van der Waals surface area contributed by atoms with Crippen LogP contribution in [0.15, 0.2) is 0 Å². The maximum absolute atomic E-state index is 6.35. The van der Waals surface area contributed by atoms with Crippen molar-refractivity contribution in [1.29, 1.82) is 0 Å². The zero-order valence-corrected chi connectivity index (χ0v) is 13.3. The molecule has 0 aliphatic rings. The summed E-state index contributed by atoms with van der Waals surface area (Å²) in [4.78, 5) is 0. The molecule has 0 heterocycles. The third-order valence-corrected chi connectivity index (χ3v) is 4.37. The van der Waals surface area contributed by atoms with Gasteiger partial charge in [-0.1, -0.05) is 85.5 Å². The summed E-state index contributed by atoms with van der Waals surface area (Å²) in [6.45, 7) is 8.98. The Morgan fingerprint density at radius 1 is 0.765 bits per heavy atom. The van der Waals surface area contributed by atoms with Crippen LogP contribution in [0.1, 0.15) is 91.9 Å². The van der Waals surface area contributed by atoms with Gasteiger partial charge < -0.3 is 0 Å². The molecule has 1 heteroatoms. The quantitative estimate of drug-likeness (QED) is 0.308. The van der Waals surface area contributed by atoms with Gasteiger partial charge in [0.15, 0.2) is 0 Å². The summed E-state index contributed by atoms with van der Waals surface area (Å²) in [5.74, 6) is 0. The number of unbranched alkanes of at least 4 members (excludes halogenated alkanes) is 8. The van der Waals surface area contributed by atoms with Gasteiger partial charge in [0, 0.05) is 5.38 Å².